The maximum Gasteiger partial charge on any atom is 0.272 e. The van der Waals surface area contributed by atoms with Crippen molar-refractivity contribution in [2.24, 2.45) is 7.05 Å². The lowest BCUT2D eigenvalue weighted by Crippen LogP contribution is -2.40. The van der Waals surface area contributed by atoms with Gasteiger partial charge in [-0.1, -0.05) is 0 Å². The predicted molar refractivity (Wildman–Crippen MR) is 125 cm³/mol. The fraction of sp³-hybridized carbons (Fsp3) is 0.500. The van der Waals surface area contributed by atoms with Crippen LogP contribution < -0.4 is 15.0 Å². The topological polar surface area (TPSA) is 94.4 Å². The average Bonchev–Trinajstić information content (AvgIpc) is 3.19. The Kier molecular flexibility index (Phi) is 6.13. The summed E-state index contributed by atoms with van der Waals surface area (Å²) in [6.07, 6.45) is 6.98. The van der Waals surface area contributed by atoms with Gasteiger partial charge >= 0.3 is 0 Å². The van der Waals surface area contributed by atoms with E-state index in [9.17, 15) is 4.79 Å². The van der Waals surface area contributed by atoms with Gasteiger partial charge in [-0.15, -0.1) is 0 Å². The Morgan fingerprint density at radius 1 is 1.09 bits per heavy atom. The number of amides is 1. The molecular weight excluding hydrogens is 420 g/mol. The van der Waals surface area contributed by atoms with E-state index in [1.807, 2.05) is 20.0 Å². The van der Waals surface area contributed by atoms with Gasteiger partial charge in [0.15, 0.2) is 0 Å². The summed E-state index contributed by atoms with van der Waals surface area (Å²) in [4.78, 5) is 23.9. The number of nitrogens with one attached hydrogen (secondary N) is 1. The van der Waals surface area contributed by atoms with Crippen LogP contribution in [0.5, 0.6) is 5.75 Å². The fourth-order valence-electron chi connectivity index (χ4n) is 4.56. The lowest BCUT2D eigenvalue weighted by atomic mass is 9.92. The third kappa shape index (κ3) is 4.78. The molecule has 0 unspecified atom stereocenters. The second kappa shape index (κ2) is 9.35. The van der Waals surface area contributed by atoms with Crippen molar-refractivity contribution in [1.82, 2.24) is 25.1 Å². The van der Waals surface area contributed by atoms with Crippen LogP contribution in [0, 0.1) is 6.92 Å². The van der Waals surface area contributed by atoms with Crippen molar-refractivity contribution in [3.05, 3.63) is 42.0 Å². The van der Waals surface area contributed by atoms with Crippen molar-refractivity contribution in [3.63, 3.8) is 0 Å². The van der Waals surface area contributed by atoms with Crippen molar-refractivity contribution < 1.29 is 14.3 Å². The molecule has 2 aliphatic rings. The second-order valence-corrected chi connectivity index (χ2v) is 8.83. The van der Waals surface area contributed by atoms with Crippen molar-refractivity contribution in [3.8, 4) is 5.75 Å². The van der Waals surface area contributed by atoms with Gasteiger partial charge in [0.1, 0.15) is 17.0 Å². The predicted octanol–water partition coefficient (Wildman–Crippen LogP) is 2.63. The zero-order valence-electron chi connectivity index (χ0n) is 19.2. The monoisotopic (exact) mass is 450 g/mol. The standard InChI is InChI=1S/C24H30N6O3/c1-16-13-21(28-29(16)2)24(31)27-17-3-5-19(6-4-17)33-22-15-18(30-9-11-32-12-10-30)14-20-23(22)26-8-7-25-20/h7-8,13-15,17,19H,3-6,9-12H2,1-2H3,(H,27,31)/t17-,19+. The van der Waals surface area contributed by atoms with Gasteiger partial charge in [0.05, 0.1) is 24.8 Å². The largest absolute Gasteiger partial charge is 0.488 e. The number of aromatic nitrogens is 4. The van der Waals surface area contributed by atoms with Crippen molar-refractivity contribution in [2.75, 3.05) is 31.2 Å². The van der Waals surface area contributed by atoms with Crippen LogP contribution in [0.2, 0.25) is 0 Å². The van der Waals surface area contributed by atoms with Gasteiger partial charge in [0.25, 0.3) is 5.91 Å². The molecule has 3 heterocycles. The number of hydrogen-bond acceptors (Lipinski definition) is 7. The quantitative estimate of drug-likeness (QED) is 0.639. The molecule has 1 amide bonds. The van der Waals surface area contributed by atoms with Crippen LogP contribution in [0.1, 0.15) is 41.9 Å². The summed E-state index contributed by atoms with van der Waals surface area (Å²) in [7, 11) is 1.84. The number of rotatable bonds is 5. The number of fused-ring (bicyclic) bond motifs is 1. The highest BCUT2D eigenvalue weighted by Gasteiger charge is 2.26. The number of nitrogens with zero attached hydrogens (tertiary/aromatic N) is 5. The van der Waals surface area contributed by atoms with Crippen LogP contribution in [0.25, 0.3) is 11.0 Å². The van der Waals surface area contributed by atoms with Crippen LogP contribution in [0.3, 0.4) is 0 Å². The molecule has 3 aromatic rings. The Labute approximate surface area is 193 Å². The molecule has 1 aliphatic carbocycles. The lowest BCUT2D eigenvalue weighted by molar-refractivity contribution is 0.0889. The first-order valence-corrected chi connectivity index (χ1v) is 11.6. The van der Waals surface area contributed by atoms with E-state index in [1.165, 1.54) is 0 Å². The van der Waals surface area contributed by atoms with Crippen LogP contribution in [-0.2, 0) is 11.8 Å². The van der Waals surface area contributed by atoms with Crippen LogP contribution in [0.4, 0.5) is 5.69 Å². The fourth-order valence-corrected chi connectivity index (χ4v) is 4.56. The molecule has 5 rings (SSSR count). The number of anilines is 1. The molecule has 0 spiro atoms. The Morgan fingerprint density at radius 2 is 1.85 bits per heavy atom. The van der Waals surface area contributed by atoms with Gasteiger partial charge < -0.3 is 19.7 Å². The van der Waals surface area contributed by atoms with E-state index in [0.29, 0.717) is 5.69 Å². The molecule has 1 N–H and O–H groups in total. The van der Waals surface area contributed by atoms with E-state index >= 15 is 0 Å². The highest BCUT2D eigenvalue weighted by molar-refractivity contribution is 5.92. The molecule has 0 atom stereocenters. The van der Waals surface area contributed by atoms with Crippen molar-refractivity contribution >= 4 is 22.6 Å². The summed E-state index contributed by atoms with van der Waals surface area (Å²) >= 11 is 0. The van der Waals surface area contributed by atoms with Crippen LogP contribution in [-0.4, -0.2) is 64.1 Å². The summed E-state index contributed by atoms with van der Waals surface area (Å²) in [5, 5.41) is 7.41. The number of carbonyl (C=O) groups is 1. The summed E-state index contributed by atoms with van der Waals surface area (Å²) < 4.78 is 13.7. The maximum atomic E-state index is 12.5. The van der Waals surface area contributed by atoms with Crippen molar-refractivity contribution in [1.29, 1.82) is 0 Å². The number of hydrogen-bond donors (Lipinski definition) is 1. The molecule has 9 heteroatoms. The summed E-state index contributed by atoms with van der Waals surface area (Å²) in [6, 6.07) is 6.11. The SMILES string of the molecule is Cc1cc(C(=O)N[C@H]2CC[C@@H](Oc3cc(N4CCOCC4)cc4nccnc34)CC2)nn1C. The Hall–Kier alpha value is -3.20. The zero-order valence-corrected chi connectivity index (χ0v) is 19.2. The van der Waals surface area contributed by atoms with E-state index in [0.717, 1.165) is 80.2 Å². The zero-order chi connectivity index (χ0) is 22.8. The molecule has 1 saturated carbocycles. The average molecular weight is 451 g/mol. The van der Waals surface area contributed by atoms with Crippen LogP contribution >= 0.6 is 0 Å². The first-order valence-electron chi connectivity index (χ1n) is 11.6. The minimum Gasteiger partial charge on any atom is -0.488 e. The van der Waals surface area contributed by atoms with E-state index in [4.69, 9.17) is 9.47 Å². The third-order valence-corrected chi connectivity index (χ3v) is 6.55. The van der Waals surface area contributed by atoms with Gasteiger partial charge in [0.2, 0.25) is 0 Å². The van der Waals surface area contributed by atoms with E-state index in [1.54, 1.807) is 17.1 Å². The molecule has 1 saturated heterocycles. The number of carbonyl (C=O) groups excluding carboxylic acids is 1. The molecule has 1 aromatic carbocycles. The summed E-state index contributed by atoms with van der Waals surface area (Å²) in [5.41, 5.74) is 4.15. The third-order valence-electron chi connectivity index (χ3n) is 6.55. The Morgan fingerprint density at radius 3 is 2.58 bits per heavy atom. The number of aryl methyl sites for hydroxylation is 2. The normalized spacial score (nSPS) is 21.2. The Balaban J connectivity index is 1.24. The molecule has 9 nitrogen and oxygen atoms in total. The first-order chi connectivity index (χ1) is 16.1. The number of benzene rings is 1. The second-order valence-electron chi connectivity index (χ2n) is 8.83. The van der Waals surface area contributed by atoms with Gasteiger partial charge in [-0.25, -0.2) is 4.98 Å². The highest BCUT2D eigenvalue weighted by Crippen LogP contribution is 2.33. The number of ether oxygens (including phenoxy) is 2. The smallest absolute Gasteiger partial charge is 0.272 e. The molecule has 0 radical (unpaired) electrons. The van der Waals surface area contributed by atoms with Gasteiger partial charge in [-0.3, -0.25) is 14.5 Å². The van der Waals surface area contributed by atoms with Gasteiger partial charge in [0, 0.05) is 56.0 Å². The minimum absolute atomic E-state index is 0.0837. The highest BCUT2D eigenvalue weighted by atomic mass is 16.5. The van der Waals surface area contributed by atoms with Gasteiger partial charge in [-0.05, 0) is 44.7 Å². The first kappa shape index (κ1) is 21.6. The maximum absolute atomic E-state index is 12.5. The molecule has 2 aromatic heterocycles. The molecule has 0 bridgehead atoms. The van der Waals surface area contributed by atoms with E-state index in [-0.39, 0.29) is 18.1 Å². The molecule has 2 fully saturated rings. The van der Waals surface area contributed by atoms with E-state index < -0.39 is 0 Å². The minimum atomic E-state index is -0.109. The van der Waals surface area contributed by atoms with Crippen LogP contribution in [0.15, 0.2) is 30.6 Å². The summed E-state index contributed by atoms with van der Waals surface area (Å²) in [6.45, 7) is 5.09. The Bertz CT molecular complexity index is 1110. The molecule has 1 aliphatic heterocycles. The van der Waals surface area contributed by atoms with Crippen molar-refractivity contribution in [2.45, 2.75) is 44.8 Å². The van der Waals surface area contributed by atoms with E-state index in [2.05, 4.69) is 37.4 Å². The van der Waals surface area contributed by atoms with Gasteiger partial charge in [-0.2, -0.15) is 5.10 Å². The molecule has 33 heavy (non-hydrogen) atoms. The lowest BCUT2D eigenvalue weighted by Gasteiger charge is -2.31. The summed E-state index contributed by atoms with van der Waals surface area (Å²) in [5.74, 6) is 0.668. The number of morpholine rings is 1. The molecular formula is C24H30N6O3. The molecule has 174 valence electrons.